The third kappa shape index (κ3) is 6.67. The van der Waals surface area contributed by atoms with Crippen LogP contribution in [0.1, 0.15) is 22.3 Å². The van der Waals surface area contributed by atoms with Gasteiger partial charge in [0.15, 0.2) is 0 Å². The minimum atomic E-state index is -0.509. The molecule has 0 amide bonds. The number of fused-ring (bicyclic) bond motifs is 8. The summed E-state index contributed by atoms with van der Waals surface area (Å²) in [4.78, 5) is 2.52. The Kier molecular flexibility index (Phi) is 9.69. The lowest BCUT2D eigenvalue weighted by Crippen LogP contribution is -2.28. The molecule has 0 spiro atoms. The van der Waals surface area contributed by atoms with Gasteiger partial charge in [-0.3, -0.25) is 0 Å². The molecule has 1 heterocycles. The van der Waals surface area contributed by atoms with Crippen LogP contribution in [0.5, 0.6) is 0 Å². The van der Waals surface area contributed by atoms with Crippen molar-refractivity contribution in [2.24, 2.45) is 0 Å². The third-order valence-electron chi connectivity index (χ3n) is 14.9. The zero-order chi connectivity index (χ0) is 46.9. The van der Waals surface area contributed by atoms with Crippen LogP contribution in [0.2, 0.25) is 0 Å². The first-order valence-electron chi connectivity index (χ1n) is 24.5. The average molecular weight is 920 g/mol. The van der Waals surface area contributed by atoms with Crippen molar-refractivity contribution in [1.29, 1.82) is 0 Å². The first kappa shape index (κ1) is 41.2. The zero-order valence-electron chi connectivity index (χ0n) is 38.8. The highest BCUT2D eigenvalue weighted by Gasteiger charge is 2.47. The smallest absolute Gasteiger partial charge is 0.0714 e. The van der Waals surface area contributed by atoms with E-state index in [1.807, 2.05) is 11.3 Å². The Morgan fingerprint density at radius 3 is 1.46 bits per heavy atom. The molecule has 0 fully saturated rings. The normalized spacial score (nSPS) is 12.6. The maximum Gasteiger partial charge on any atom is 0.0714 e. The molecule has 0 N–H and O–H groups in total. The van der Waals surface area contributed by atoms with E-state index in [2.05, 4.69) is 278 Å². The topological polar surface area (TPSA) is 3.24 Å². The lowest BCUT2D eigenvalue weighted by atomic mass is 9.68. The van der Waals surface area contributed by atoms with Crippen molar-refractivity contribution in [3.63, 3.8) is 0 Å². The Balaban J connectivity index is 0.862. The lowest BCUT2D eigenvalue weighted by Gasteiger charge is -2.34. The van der Waals surface area contributed by atoms with Crippen molar-refractivity contribution in [3.8, 4) is 44.5 Å². The Bertz CT molecular complexity index is 4110. The van der Waals surface area contributed by atoms with Gasteiger partial charge in [-0.1, -0.05) is 224 Å². The minimum absolute atomic E-state index is 0.509. The van der Waals surface area contributed by atoms with Gasteiger partial charge in [-0.2, -0.15) is 0 Å². The highest BCUT2D eigenvalue weighted by molar-refractivity contribution is 7.26. The van der Waals surface area contributed by atoms with Crippen molar-refractivity contribution in [2.75, 3.05) is 4.90 Å². The Morgan fingerprint density at radius 2 is 0.775 bits per heavy atom. The van der Waals surface area contributed by atoms with Crippen LogP contribution in [0, 0.1) is 0 Å². The van der Waals surface area contributed by atoms with Crippen molar-refractivity contribution in [1.82, 2.24) is 0 Å². The molecular weight excluding hydrogens is 875 g/mol. The molecule has 71 heavy (non-hydrogen) atoms. The number of hydrogen-bond donors (Lipinski definition) is 0. The molecular formula is C69H45NS. The van der Waals surface area contributed by atoms with E-state index in [0.29, 0.717) is 0 Å². The summed E-state index contributed by atoms with van der Waals surface area (Å²) in [5.74, 6) is 0. The van der Waals surface area contributed by atoms with Gasteiger partial charge in [0.25, 0.3) is 0 Å². The second kappa shape index (κ2) is 16.7. The molecule has 1 aromatic heterocycles. The van der Waals surface area contributed by atoms with Crippen LogP contribution in [-0.2, 0) is 5.41 Å². The van der Waals surface area contributed by atoms with Gasteiger partial charge in [0.2, 0.25) is 0 Å². The van der Waals surface area contributed by atoms with E-state index in [0.717, 1.165) is 11.4 Å². The first-order valence-corrected chi connectivity index (χ1v) is 25.3. The molecule has 0 saturated carbocycles. The van der Waals surface area contributed by atoms with Gasteiger partial charge in [0.05, 0.1) is 21.5 Å². The van der Waals surface area contributed by atoms with Gasteiger partial charge >= 0.3 is 0 Å². The molecule has 0 aliphatic heterocycles. The summed E-state index contributed by atoms with van der Waals surface area (Å²) in [6.45, 7) is 0. The van der Waals surface area contributed by atoms with E-state index < -0.39 is 5.41 Å². The zero-order valence-corrected chi connectivity index (χ0v) is 39.7. The summed E-state index contributed by atoms with van der Waals surface area (Å²) in [5.41, 5.74) is 17.8. The number of anilines is 3. The van der Waals surface area contributed by atoms with E-state index in [4.69, 9.17) is 0 Å². The molecule has 2 heteroatoms. The fraction of sp³-hybridized carbons (Fsp3) is 0.0145. The fourth-order valence-corrected chi connectivity index (χ4v) is 12.8. The predicted molar refractivity (Wildman–Crippen MR) is 303 cm³/mol. The second-order valence-electron chi connectivity index (χ2n) is 18.8. The molecule has 12 aromatic carbocycles. The summed E-state index contributed by atoms with van der Waals surface area (Å²) in [5, 5.41) is 7.57. The van der Waals surface area contributed by atoms with Gasteiger partial charge in [0, 0.05) is 26.7 Å². The Hall–Kier alpha value is -8.82. The molecule has 1 aliphatic carbocycles. The van der Waals surface area contributed by atoms with Gasteiger partial charge in [-0.15, -0.1) is 11.3 Å². The quantitative estimate of drug-likeness (QED) is 0.147. The summed E-state index contributed by atoms with van der Waals surface area (Å²) in [6.07, 6.45) is 0. The van der Waals surface area contributed by atoms with Gasteiger partial charge in [-0.05, 0) is 131 Å². The number of thiophene rings is 1. The largest absolute Gasteiger partial charge is 0.308 e. The Morgan fingerprint density at radius 1 is 0.310 bits per heavy atom. The SMILES string of the molecule is c1ccc(C2(c3ccccc3)c3ccccc3-c3c(N(c4ccc(-c5ccc(-c6ccc7cc(-c8ccc9ccccc9c8)ccc7c6)cc5)cc4)c4cccc5c4sc4ccccc45)cccc32)cc1. The molecule has 0 saturated heterocycles. The molecule has 1 aliphatic rings. The van der Waals surface area contributed by atoms with E-state index in [1.165, 1.54) is 114 Å². The fourth-order valence-electron chi connectivity index (χ4n) is 11.6. The molecule has 332 valence electrons. The van der Waals surface area contributed by atoms with Crippen LogP contribution in [0.15, 0.2) is 273 Å². The highest BCUT2D eigenvalue weighted by Crippen LogP contribution is 2.60. The van der Waals surface area contributed by atoms with E-state index in [1.54, 1.807) is 0 Å². The van der Waals surface area contributed by atoms with Crippen LogP contribution >= 0.6 is 11.3 Å². The number of nitrogens with zero attached hydrogens (tertiary/aromatic N) is 1. The monoisotopic (exact) mass is 919 g/mol. The van der Waals surface area contributed by atoms with Gasteiger partial charge in [-0.25, -0.2) is 0 Å². The summed E-state index contributed by atoms with van der Waals surface area (Å²) in [6, 6.07) is 101. The Labute approximate surface area is 417 Å². The van der Waals surface area contributed by atoms with Crippen molar-refractivity contribution in [3.05, 3.63) is 295 Å². The maximum atomic E-state index is 2.52. The van der Waals surface area contributed by atoms with E-state index >= 15 is 0 Å². The molecule has 0 bridgehead atoms. The molecule has 0 atom stereocenters. The lowest BCUT2D eigenvalue weighted by molar-refractivity contribution is 0.768. The third-order valence-corrected chi connectivity index (χ3v) is 16.1. The summed E-state index contributed by atoms with van der Waals surface area (Å²) in [7, 11) is 0. The predicted octanol–water partition coefficient (Wildman–Crippen LogP) is 19.2. The van der Waals surface area contributed by atoms with Crippen LogP contribution < -0.4 is 4.90 Å². The standard InChI is InChI=1S/C69H45NS/c1-3-17-56(18-4-1)69(57-19-5-2-6-20-57)62-24-11-9-22-61(62)67-63(69)25-14-26-64(67)70(65-27-13-23-60-59-21-10-12-28-66(59)71-68(60)65)58-41-39-48(40-42-58)47-29-31-49(32-30-47)51-35-36-54-45-55(38-37-53(54)44-51)52-34-33-46-15-7-8-16-50(46)43-52/h1-45H. The summed E-state index contributed by atoms with van der Waals surface area (Å²) >= 11 is 1.88. The number of hydrogen-bond acceptors (Lipinski definition) is 2. The van der Waals surface area contributed by atoms with Crippen LogP contribution in [0.25, 0.3) is 86.2 Å². The highest BCUT2D eigenvalue weighted by atomic mass is 32.1. The molecule has 0 radical (unpaired) electrons. The van der Waals surface area contributed by atoms with Gasteiger partial charge < -0.3 is 4.90 Å². The average Bonchev–Trinajstić information content (AvgIpc) is 3.99. The van der Waals surface area contributed by atoms with Crippen molar-refractivity contribution in [2.45, 2.75) is 5.41 Å². The first-order chi connectivity index (χ1) is 35.2. The maximum absolute atomic E-state index is 2.52. The van der Waals surface area contributed by atoms with Gasteiger partial charge in [0.1, 0.15) is 0 Å². The van der Waals surface area contributed by atoms with Crippen LogP contribution in [0.3, 0.4) is 0 Å². The van der Waals surface area contributed by atoms with E-state index in [9.17, 15) is 0 Å². The van der Waals surface area contributed by atoms with Crippen molar-refractivity contribution < 1.29 is 0 Å². The minimum Gasteiger partial charge on any atom is -0.308 e. The molecule has 0 unspecified atom stereocenters. The molecule has 13 aromatic rings. The van der Waals surface area contributed by atoms with E-state index in [-0.39, 0.29) is 0 Å². The molecule has 14 rings (SSSR count). The van der Waals surface area contributed by atoms with Crippen LogP contribution in [-0.4, -0.2) is 0 Å². The van der Waals surface area contributed by atoms with Crippen molar-refractivity contribution >= 4 is 70.1 Å². The number of rotatable bonds is 8. The molecule has 1 nitrogen and oxygen atoms in total. The number of benzene rings is 12. The second-order valence-corrected chi connectivity index (χ2v) is 19.8. The summed E-state index contributed by atoms with van der Waals surface area (Å²) < 4.78 is 2.56. The van der Waals surface area contributed by atoms with Crippen LogP contribution in [0.4, 0.5) is 17.1 Å².